The maximum atomic E-state index is 13.0. The average molecular weight is 238 g/mol. The van der Waals surface area contributed by atoms with Gasteiger partial charge in [-0.3, -0.25) is 4.79 Å². The van der Waals surface area contributed by atoms with Crippen molar-refractivity contribution in [3.05, 3.63) is 29.1 Å². The van der Waals surface area contributed by atoms with Gasteiger partial charge in [-0.15, -0.1) is 0 Å². The second-order valence-electron chi connectivity index (χ2n) is 3.09. The van der Waals surface area contributed by atoms with E-state index in [1.165, 1.54) is 0 Å². The summed E-state index contributed by atoms with van der Waals surface area (Å²) >= 11 is 0. The lowest BCUT2D eigenvalue weighted by Crippen LogP contribution is -2.28. The third kappa shape index (κ3) is 1.35. The molecule has 0 saturated carbocycles. The molecular formula is C9H3F5O2. The van der Waals surface area contributed by atoms with Crippen molar-refractivity contribution in [1.82, 2.24) is 0 Å². The molecule has 0 bridgehead atoms. The summed E-state index contributed by atoms with van der Waals surface area (Å²) in [6, 6.07) is 1.14. The lowest BCUT2D eigenvalue weighted by Gasteiger charge is -2.05. The smallest absolute Gasteiger partial charge is 0.422 e. The number of hydrogen-bond donors (Lipinski definition) is 0. The van der Waals surface area contributed by atoms with Crippen LogP contribution in [0.1, 0.15) is 22.3 Å². The van der Waals surface area contributed by atoms with E-state index < -0.39 is 41.0 Å². The molecule has 0 saturated heterocycles. The third-order valence-electron chi connectivity index (χ3n) is 2.10. The number of hydrogen-bond acceptors (Lipinski definition) is 2. The van der Waals surface area contributed by atoms with Crippen LogP contribution in [-0.2, 0) is 0 Å². The van der Waals surface area contributed by atoms with Crippen molar-refractivity contribution in [2.75, 3.05) is 0 Å². The Morgan fingerprint density at radius 2 is 1.88 bits per heavy atom. The number of carbonyl (C=O) groups is 1. The summed E-state index contributed by atoms with van der Waals surface area (Å²) in [4.78, 5) is 11.0. The quantitative estimate of drug-likeness (QED) is 0.703. The van der Waals surface area contributed by atoms with Crippen LogP contribution < -0.4 is 4.74 Å². The zero-order valence-electron chi connectivity index (χ0n) is 7.44. The first-order chi connectivity index (χ1) is 7.34. The first kappa shape index (κ1) is 10.8. The molecule has 0 aliphatic carbocycles. The van der Waals surface area contributed by atoms with Gasteiger partial charge in [0, 0.05) is 5.56 Å². The van der Waals surface area contributed by atoms with E-state index in [0.29, 0.717) is 12.1 Å². The zero-order valence-corrected chi connectivity index (χ0v) is 7.44. The molecular weight excluding hydrogens is 235 g/mol. The van der Waals surface area contributed by atoms with Crippen molar-refractivity contribution in [1.29, 1.82) is 0 Å². The Kier molecular flexibility index (Phi) is 2.14. The topological polar surface area (TPSA) is 26.3 Å². The largest absolute Gasteiger partial charge is 0.466 e. The highest BCUT2D eigenvalue weighted by molar-refractivity contribution is 6.06. The molecule has 86 valence electrons. The Morgan fingerprint density at radius 1 is 1.25 bits per heavy atom. The molecule has 0 amide bonds. The van der Waals surface area contributed by atoms with Crippen LogP contribution in [0.2, 0.25) is 0 Å². The summed E-state index contributed by atoms with van der Waals surface area (Å²) < 4.78 is 67.1. The number of halogens is 5. The van der Waals surface area contributed by atoms with Gasteiger partial charge in [0.25, 0.3) is 12.2 Å². The number of rotatable bonds is 1. The fourth-order valence-corrected chi connectivity index (χ4v) is 1.41. The van der Waals surface area contributed by atoms with Gasteiger partial charge in [-0.1, -0.05) is 0 Å². The second kappa shape index (κ2) is 3.16. The molecule has 0 spiro atoms. The molecule has 1 aromatic rings. The van der Waals surface area contributed by atoms with Crippen LogP contribution in [0.25, 0.3) is 0 Å². The Morgan fingerprint density at radius 3 is 2.44 bits per heavy atom. The molecule has 7 heteroatoms. The van der Waals surface area contributed by atoms with Crippen molar-refractivity contribution in [3.8, 4) is 5.75 Å². The minimum Gasteiger partial charge on any atom is -0.422 e. The highest BCUT2D eigenvalue weighted by Crippen LogP contribution is 2.43. The van der Waals surface area contributed by atoms with Crippen LogP contribution >= 0.6 is 0 Å². The number of Topliss-reactive ketones (excluding diaryl/α,β-unsaturated/α-hetero) is 1. The van der Waals surface area contributed by atoms with Crippen LogP contribution in [0.15, 0.2) is 12.1 Å². The predicted molar refractivity (Wildman–Crippen MR) is 41.3 cm³/mol. The maximum Gasteiger partial charge on any atom is 0.466 e. The lowest BCUT2D eigenvalue weighted by atomic mass is 10.0. The molecule has 0 aromatic heterocycles. The molecule has 0 N–H and O–H groups in total. The first-order valence-corrected chi connectivity index (χ1v) is 4.07. The number of alkyl halides is 4. The Hall–Kier alpha value is -1.66. The molecule has 0 fully saturated rings. The number of benzene rings is 1. The van der Waals surface area contributed by atoms with Crippen LogP contribution in [0.3, 0.4) is 0 Å². The molecule has 1 heterocycles. The number of ketones is 1. The molecule has 1 aromatic carbocycles. The number of carbonyl (C=O) groups excluding carboxylic acids is 1. The van der Waals surface area contributed by atoms with Gasteiger partial charge in [0.1, 0.15) is 0 Å². The fraction of sp³-hybridized carbons (Fsp3) is 0.222. The van der Waals surface area contributed by atoms with E-state index in [-0.39, 0.29) is 0 Å². The molecule has 0 unspecified atom stereocenters. The minimum atomic E-state index is -4.28. The Labute approximate surface area is 85.6 Å². The van der Waals surface area contributed by atoms with Crippen molar-refractivity contribution < 1.29 is 31.5 Å². The normalized spacial score (nSPS) is 17.5. The van der Waals surface area contributed by atoms with E-state index in [2.05, 4.69) is 4.74 Å². The van der Waals surface area contributed by atoms with E-state index in [0.717, 1.165) is 0 Å². The molecule has 16 heavy (non-hydrogen) atoms. The maximum absolute atomic E-state index is 13.0. The van der Waals surface area contributed by atoms with Crippen LogP contribution in [0.5, 0.6) is 5.75 Å². The molecule has 1 aliphatic rings. The Balaban J connectivity index is 2.69. The number of ether oxygens (including phenoxy) is 1. The van der Waals surface area contributed by atoms with Gasteiger partial charge in [-0.05, 0) is 12.1 Å². The molecule has 2 rings (SSSR count). The van der Waals surface area contributed by atoms with Gasteiger partial charge >= 0.3 is 6.11 Å². The summed E-state index contributed by atoms with van der Waals surface area (Å²) in [5.41, 5.74) is -2.04. The highest BCUT2D eigenvalue weighted by atomic mass is 19.3. The standard InChI is InChI=1S/C9H3F5O2/c10-4-2-1-3(8(11)12)5-6(4)16-9(13,14)7(5)15/h1-2,8H. The first-order valence-electron chi connectivity index (χ1n) is 4.07. The third-order valence-corrected chi connectivity index (χ3v) is 2.10. The van der Waals surface area contributed by atoms with Crippen molar-refractivity contribution in [2.24, 2.45) is 0 Å². The van der Waals surface area contributed by atoms with Gasteiger partial charge in [-0.25, -0.2) is 13.2 Å². The van der Waals surface area contributed by atoms with Gasteiger partial charge in [0.15, 0.2) is 11.6 Å². The monoisotopic (exact) mass is 238 g/mol. The van der Waals surface area contributed by atoms with Crippen molar-refractivity contribution in [2.45, 2.75) is 12.5 Å². The average Bonchev–Trinajstić information content (AvgIpc) is 2.41. The SMILES string of the molecule is O=C1c2c(C(F)F)ccc(F)c2OC1(F)F. The summed E-state index contributed by atoms with van der Waals surface area (Å²) in [5.74, 6) is -4.34. The van der Waals surface area contributed by atoms with Crippen LogP contribution in [0, 0.1) is 5.82 Å². The minimum absolute atomic E-state index is 0.551. The van der Waals surface area contributed by atoms with E-state index in [1.807, 2.05) is 0 Å². The second-order valence-corrected chi connectivity index (χ2v) is 3.09. The van der Waals surface area contributed by atoms with Crippen molar-refractivity contribution in [3.63, 3.8) is 0 Å². The van der Waals surface area contributed by atoms with E-state index in [1.54, 1.807) is 0 Å². The lowest BCUT2D eigenvalue weighted by molar-refractivity contribution is -0.125. The van der Waals surface area contributed by atoms with E-state index in [9.17, 15) is 26.7 Å². The molecule has 2 nitrogen and oxygen atoms in total. The number of fused-ring (bicyclic) bond motifs is 1. The highest BCUT2D eigenvalue weighted by Gasteiger charge is 2.53. The van der Waals surface area contributed by atoms with E-state index in [4.69, 9.17) is 0 Å². The molecule has 1 aliphatic heterocycles. The fourth-order valence-electron chi connectivity index (χ4n) is 1.41. The van der Waals surface area contributed by atoms with Gasteiger partial charge in [0.2, 0.25) is 0 Å². The predicted octanol–water partition coefficient (Wildman–Crippen LogP) is 2.93. The van der Waals surface area contributed by atoms with Crippen molar-refractivity contribution >= 4 is 5.78 Å². The Bertz CT molecular complexity index is 469. The summed E-state index contributed by atoms with van der Waals surface area (Å²) in [6.45, 7) is 0. The summed E-state index contributed by atoms with van der Waals surface area (Å²) in [5, 5.41) is 0. The van der Waals surface area contributed by atoms with Gasteiger partial charge < -0.3 is 4.74 Å². The zero-order chi connectivity index (χ0) is 12.1. The molecule has 0 atom stereocenters. The van der Waals surface area contributed by atoms with E-state index >= 15 is 0 Å². The van der Waals surface area contributed by atoms with Crippen LogP contribution in [0.4, 0.5) is 22.0 Å². The summed E-state index contributed by atoms with van der Waals surface area (Å²) in [7, 11) is 0. The molecule has 0 radical (unpaired) electrons. The van der Waals surface area contributed by atoms with Gasteiger partial charge in [0.05, 0.1) is 5.56 Å². The summed E-state index contributed by atoms with van der Waals surface area (Å²) in [6.07, 6.45) is -7.44. The van der Waals surface area contributed by atoms with Crippen LogP contribution in [-0.4, -0.2) is 11.9 Å². The van der Waals surface area contributed by atoms with Gasteiger partial charge in [-0.2, -0.15) is 8.78 Å².